The molecule has 1 aliphatic carbocycles. The van der Waals surface area contributed by atoms with E-state index in [1.807, 2.05) is 0 Å². The molecule has 1 N–H and O–H groups in total. The molecule has 0 saturated heterocycles. The zero-order valence-electron chi connectivity index (χ0n) is 10.3. The van der Waals surface area contributed by atoms with Crippen LogP contribution in [0.25, 0.3) is 0 Å². The van der Waals surface area contributed by atoms with Crippen molar-refractivity contribution in [2.45, 2.75) is 45.6 Å². The summed E-state index contributed by atoms with van der Waals surface area (Å²) in [5.41, 5.74) is 0.312. The first-order valence-corrected chi connectivity index (χ1v) is 5.70. The van der Waals surface area contributed by atoms with Crippen molar-refractivity contribution in [3.63, 3.8) is 0 Å². The lowest BCUT2D eigenvalue weighted by atomic mass is 9.68. The van der Waals surface area contributed by atoms with E-state index >= 15 is 0 Å². The number of rotatable bonds is 3. The molecular formula is C12H23NO2. The Morgan fingerprint density at radius 3 is 2.53 bits per heavy atom. The summed E-state index contributed by atoms with van der Waals surface area (Å²) in [5.74, 6) is -0.356. The normalized spacial score (nSPS) is 30.5. The van der Waals surface area contributed by atoms with Gasteiger partial charge in [0.2, 0.25) is 0 Å². The molecule has 0 bridgehead atoms. The molecule has 0 aromatic rings. The molecule has 3 nitrogen and oxygen atoms in total. The molecule has 0 heterocycles. The Kier molecular flexibility index (Phi) is 3.77. The first-order valence-electron chi connectivity index (χ1n) is 5.70. The molecule has 1 saturated carbocycles. The summed E-state index contributed by atoms with van der Waals surface area (Å²) in [6.45, 7) is 4.49. The lowest BCUT2D eigenvalue weighted by Crippen LogP contribution is -2.43. The molecule has 15 heavy (non-hydrogen) atoms. The highest BCUT2D eigenvalue weighted by Crippen LogP contribution is 2.41. The van der Waals surface area contributed by atoms with E-state index in [0.717, 1.165) is 12.8 Å². The Bertz CT molecular complexity index is 236. The van der Waals surface area contributed by atoms with Crippen LogP contribution in [0.5, 0.6) is 0 Å². The van der Waals surface area contributed by atoms with Gasteiger partial charge in [0.1, 0.15) is 0 Å². The molecule has 0 spiro atoms. The van der Waals surface area contributed by atoms with Crippen LogP contribution >= 0.6 is 0 Å². The van der Waals surface area contributed by atoms with Gasteiger partial charge in [-0.1, -0.05) is 13.8 Å². The summed E-state index contributed by atoms with van der Waals surface area (Å²) in [6.07, 6.45) is 3.67. The highest BCUT2D eigenvalue weighted by molar-refractivity contribution is 5.67. The van der Waals surface area contributed by atoms with Gasteiger partial charge in [-0.05, 0) is 44.7 Å². The quantitative estimate of drug-likeness (QED) is 0.781. The summed E-state index contributed by atoms with van der Waals surface area (Å²) >= 11 is 0. The third kappa shape index (κ3) is 3.49. The highest BCUT2D eigenvalue weighted by atomic mass is 16.4. The second-order valence-electron chi connectivity index (χ2n) is 5.80. The van der Waals surface area contributed by atoms with E-state index in [4.69, 9.17) is 5.11 Å². The molecule has 1 rings (SSSR count). The second kappa shape index (κ2) is 4.52. The largest absolute Gasteiger partial charge is 0.481 e. The van der Waals surface area contributed by atoms with Crippen molar-refractivity contribution in [2.75, 3.05) is 14.1 Å². The Morgan fingerprint density at radius 1 is 1.47 bits per heavy atom. The molecule has 2 unspecified atom stereocenters. The zero-order valence-corrected chi connectivity index (χ0v) is 10.3. The number of carboxylic acid groups (broad SMARTS) is 1. The van der Waals surface area contributed by atoms with Crippen LogP contribution in [0.4, 0.5) is 0 Å². The fourth-order valence-corrected chi connectivity index (χ4v) is 2.83. The van der Waals surface area contributed by atoms with Crippen LogP contribution in [-0.2, 0) is 4.79 Å². The van der Waals surface area contributed by atoms with Crippen molar-refractivity contribution in [3.05, 3.63) is 0 Å². The zero-order chi connectivity index (χ0) is 11.6. The predicted octanol–water partition coefficient (Wildman–Crippen LogP) is 2.22. The fourth-order valence-electron chi connectivity index (χ4n) is 2.83. The molecule has 88 valence electrons. The smallest absolute Gasteiger partial charge is 0.303 e. The van der Waals surface area contributed by atoms with Gasteiger partial charge in [0.15, 0.2) is 0 Å². The molecule has 0 aromatic carbocycles. The van der Waals surface area contributed by atoms with Crippen LogP contribution in [0.2, 0.25) is 0 Å². The number of hydrogen-bond donors (Lipinski definition) is 1. The van der Waals surface area contributed by atoms with E-state index in [-0.39, 0.29) is 0 Å². The Morgan fingerprint density at radius 2 is 2.07 bits per heavy atom. The molecule has 0 aromatic heterocycles. The number of hydrogen-bond acceptors (Lipinski definition) is 2. The maximum absolute atomic E-state index is 10.8. The molecule has 0 amide bonds. The Labute approximate surface area is 92.5 Å². The molecule has 0 radical (unpaired) electrons. The van der Waals surface area contributed by atoms with Gasteiger partial charge >= 0.3 is 5.97 Å². The fraction of sp³-hybridized carbons (Fsp3) is 0.917. The van der Waals surface area contributed by atoms with Crippen LogP contribution in [0, 0.1) is 11.3 Å². The highest BCUT2D eigenvalue weighted by Gasteiger charge is 2.36. The van der Waals surface area contributed by atoms with Gasteiger partial charge in [0.25, 0.3) is 0 Å². The molecule has 0 aliphatic heterocycles. The van der Waals surface area contributed by atoms with Crippen molar-refractivity contribution in [1.82, 2.24) is 4.90 Å². The van der Waals surface area contributed by atoms with E-state index in [0.29, 0.717) is 23.8 Å². The lowest BCUT2D eigenvalue weighted by Gasteiger charge is -2.43. The average molecular weight is 213 g/mol. The molecule has 2 atom stereocenters. The maximum atomic E-state index is 10.8. The van der Waals surface area contributed by atoms with Gasteiger partial charge in [-0.3, -0.25) is 4.79 Å². The van der Waals surface area contributed by atoms with Crippen molar-refractivity contribution in [3.8, 4) is 0 Å². The predicted molar refractivity (Wildman–Crippen MR) is 60.8 cm³/mol. The number of carbonyl (C=O) groups is 1. The van der Waals surface area contributed by atoms with E-state index < -0.39 is 5.97 Å². The second-order valence-corrected chi connectivity index (χ2v) is 5.80. The minimum absolute atomic E-state index is 0.307. The van der Waals surface area contributed by atoms with Gasteiger partial charge in [0.05, 0.1) is 0 Å². The summed E-state index contributed by atoms with van der Waals surface area (Å²) < 4.78 is 0. The van der Waals surface area contributed by atoms with Crippen molar-refractivity contribution < 1.29 is 9.90 Å². The van der Waals surface area contributed by atoms with E-state index in [1.54, 1.807) is 0 Å². The van der Waals surface area contributed by atoms with Gasteiger partial charge in [0, 0.05) is 12.5 Å². The first-order chi connectivity index (χ1) is 6.82. The minimum atomic E-state index is -0.662. The molecule has 1 fully saturated rings. The standard InChI is InChI=1S/C12H23NO2/c1-12(2)6-5-10(13(3)4)9(8-12)7-11(14)15/h9-10H,5-8H2,1-4H3,(H,14,15). The monoisotopic (exact) mass is 213 g/mol. The van der Waals surface area contributed by atoms with Crippen LogP contribution in [0.15, 0.2) is 0 Å². The third-order valence-electron chi connectivity index (χ3n) is 3.58. The van der Waals surface area contributed by atoms with Gasteiger partial charge in [-0.25, -0.2) is 0 Å². The van der Waals surface area contributed by atoms with Crippen molar-refractivity contribution >= 4 is 5.97 Å². The van der Waals surface area contributed by atoms with E-state index in [9.17, 15) is 4.79 Å². The van der Waals surface area contributed by atoms with Crippen molar-refractivity contribution in [2.24, 2.45) is 11.3 Å². The number of nitrogens with zero attached hydrogens (tertiary/aromatic N) is 1. The van der Waals surface area contributed by atoms with Crippen LogP contribution in [0.1, 0.15) is 39.5 Å². The Hall–Kier alpha value is -0.570. The molecule has 1 aliphatic rings. The summed E-state index contributed by atoms with van der Waals surface area (Å²) in [6, 6.07) is 0.439. The van der Waals surface area contributed by atoms with E-state index in [1.165, 1.54) is 6.42 Å². The van der Waals surface area contributed by atoms with Crippen LogP contribution in [0.3, 0.4) is 0 Å². The summed E-state index contributed by atoms with van der Waals surface area (Å²) in [7, 11) is 4.11. The van der Waals surface area contributed by atoms with Crippen LogP contribution < -0.4 is 0 Å². The lowest BCUT2D eigenvalue weighted by molar-refractivity contribution is -0.139. The first kappa shape index (κ1) is 12.5. The maximum Gasteiger partial charge on any atom is 0.303 e. The van der Waals surface area contributed by atoms with Crippen LogP contribution in [-0.4, -0.2) is 36.1 Å². The van der Waals surface area contributed by atoms with Crippen molar-refractivity contribution in [1.29, 1.82) is 0 Å². The SMILES string of the molecule is CN(C)C1CCC(C)(C)CC1CC(=O)O. The number of aliphatic carboxylic acids is 1. The van der Waals surface area contributed by atoms with Gasteiger partial charge in [-0.2, -0.15) is 0 Å². The number of carboxylic acids is 1. The van der Waals surface area contributed by atoms with Gasteiger partial charge < -0.3 is 10.0 Å². The third-order valence-corrected chi connectivity index (χ3v) is 3.58. The average Bonchev–Trinajstić information content (AvgIpc) is 1.99. The minimum Gasteiger partial charge on any atom is -0.481 e. The topological polar surface area (TPSA) is 40.5 Å². The Balaban J connectivity index is 2.69. The van der Waals surface area contributed by atoms with E-state index in [2.05, 4.69) is 32.8 Å². The summed E-state index contributed by atoms with van der Waals surface area (Å²) in [4.78, 5) is 13.0. The molecular weight excluding hydrogens is 190 g/mol. The van der Waals surface area contributed by atoms with Gasteiger partial charge in [-0.15, -0.1) is 0 Å². The summed E-state index contributed by atoms with van der Waals surface area (Å²) in [5, 5.41) is 8.92. The molecule has 3 heteroatoms.